The second-order valence-electron chi connectivity index (χ2n) is 11.6. The van der Waals surface area contributed by atoms with E-state index in [4.69, 9.17) is 14.6 Å². The number of nitrogens with zero attached hydrogens (tertiary/aromatic N) is 1. The number of ether oxygens (including phenoxy) is 2. The Morgan fingerprint density at radius 1 is 0.542 bits per heavy atom. The van der Waals surface area contributed by atoms with Gasteiger partial charge in [0.25, 0.3) is 0 Å². The normalized spacial score (nSPS) is 15.5. The minimum Gasteiger partial charge on any atom is -0.399 e. The van der Waals surface area contributed by atoms with Gasteiger partial charge in [0.05, 0.1) is 0 Å². The van der Waals surface area contributed by atoms with Gasteiger partial charge in [0, 0.05) is 33.0 Å². The van der Waals surface area contributed by atoms with Crippen molar-refractivity contribution >= 4 is 0 Å². The molecule has 0 aromatic carbocycles. The molecule has 1 N–H and O–H groups in total. The summed E-state index contributed by atoms with van der Waals surface area (Å²) in [6.45, 7) is 22.5. The molecule has 0 heterocycles. The van der Waals surface area contributed by atoms with Gasteiger partial charge >= 0.3 is 55.2 Å². The molecule has 4 aliphatic rings. The summed E-state index contributed by atoms with van der Waals surface area (Å²) in [5.41, 5.74) is 0. The fraction of sp³-hybridized carbons (Fsp3) is 0.854. The summed E-state index contributed by atoms with van der Waals surface area (Å²) in [5, 5.41) is 7.81. The summed E-state index contributed by atoms with van der Waals surface area (Å²) in [4.78, 5) is 2.43. The molecule has 0 saturated heterocycles. The molecular weight excluding hydrogens is 850 g/mol. The average molecular weight is 940 g/mol. The third-order valence-electron chi connectivity index (χ3n) is 8.16. The van der Waals surface area contributed by atoms with Crippen molar-refractivity contribution in [3.63, 3.8) is 0 Å². The predicted octanol–water partition coefficient (Wildman–Crippen LogP) is 12.3. The molecule has 0 bridgehead atoms. The average Bonchev–Trinajstić information content (AvgIpc) is 3.87. The molecule has 0 aromatic heterocycles. The Morgan fingerprint density at radius 2 is 0.792 bits per heavy atom. The van der Waals surface area contributed by atoms with Gasteiger partial charge in [-0.15, -0.1) is 6.54 Å². The maximum absolute atomic E-state index is 7.81. The molecule has 7 heteroatoms. The van der Waals surface area contributed by atoms with Crippen LogP contribution in [-0.2, 0) is 64.7 Å². The van der Waals surface area contributed by atoms with Crippen molar-refractivity contribution in [2.24, 2.45) is 11.8 Å². The maximum Gasteiger partial charge on any atom is 2.00 e. The Hall–Kier alpha value is 1.57. The van der Waals surface area contributed by atoms with E-state index in [0.717, 1.165) is 70.7 Å². The van der Waals surface area contributed by atoms with Gasteiger partial charge in [-0.2, -0.15) is 6.42 Å². The third-order valence-corrected chi connectivity index (χ3v) is 8.16. The van der Waals surface area contributed by atoms with Crippen LogP contribution in [0.1, 0.15) is 163 Å². The van der Waals surface area contributed by atoms with Crippen LogP contribution in [0.15, 0.2) is 0 Å². The van der Waals surface area contributed by atoms with E-state index in [1.165, 1.54) is 116 Å². The van der Waals surface area contributed by atoms with Crippen LogP contribution in [0.3, 0.4) is 0 Å². The molecule has 4 rings (SSSR count). The number of hydrogen-bond acceptors (Lipinski definition) is 4. The van der Waals surface area contributed by atoms with Crippen LogP contribution in [0, 0.1) is 55.4 Å². The van der Waals surface area contributed by atoms with Crippen molar-refractivity contribution in [1.82, 2.24) is 4.90 Å². The van der Waals surface area contributed by atoms with Gasteiger partial charge in [-0.3, -0.25) is 0 Å². The fourth-order valence-electron chi connectivity index (χ4n) is 5.74. The quantitative estimate of drug-likeness (QED) is 0.107. The molecule has 0 unspecified atom stereocenters. The summed E-state index contributed by atoms with van der Waals surface area (Å²) in [6.07, 6.45) is 29.0. The van der Waals surface area contributed by atoms with E-state index < -0.39 is 0 Å². The summed E-state index contributed by atoms with van der Waals surface area (Å²) < 4.78 is 11.7. The summed E-state index contributed by atoms with van der Waals surface area (Å²) in [6, 6.07) is 0. The molecule has 4 fully saturated rings. The molecule has 0 aliphatic heterocycles. The first kappa shape index (κ1) is 71.0. The number of aliphatic hydroxyl groups is 1. The van der Waals surface area contributed by atoms with Crippen LogP contribution in [-0.4, -0.2) is 62.7 Å². The standard InChI is InChI=1S/C20H38NO2.2C5H10.C3H7O.2C2H6.4CH3.2Fe.W/c1-2-21(13-7-15-22-17-19-9-3-4-10-19)14-8-16-23-18-20-11-5-6-12-20;2*1-2-4-5-3-1;1-2-3-4;2*1-2;;;;;;;/h19-20H,1-18H2;2*1-5H2;4H,1-3H2;2*1-2H3;4*1H3;;;/q-1;;;-1;;;4*-1;3*+2. The minimum atomic E-state index is 0. The second kappa shape index (κ2) is 63.6. The Labute approximate surface area is 343 Å². The molecule has 0 atom stereocenters. The molecule has 0 radical (unpaired) electrons. The molecule has 48 heavy (non-hydrogen) atoms. The van der Waals surface area contributed by atoms with Crippen LogP contribution in [0.5, 0.6) is 0 Å². The van der Waals surface area contributed by atoms with E-state index in [9.17, 15) is 0 Å². The zero-order valence-electron chi connectivity index (χ0n) is 33.9. The van der Waals surface area contributed by atoms with E-state index in [2.05, 4.69) is 18.7 Å². The maximum atomic E-state index is 7.81. The predicted molar refractivity (Wildman–Crippen MR) is 208 cm³/mol. The van der Waals surface area contributed by atoms with Crippen LogP contribution >= 0.6 is 0 Å². The van der Waals surface area contributed by atoms with Crippen molar-refractivity contribution < 1.29 is 69.8 Å². The Kier molecular flexibility index (Phi) is 94.1. The topological polar surface area (TPSA) is 41.9 Å². The molecular formula is C41H89Fe2NO3W. The van der Waals surface area contributed by atoms with Crippen LogP contribution < -0.4 is 0 Å². The van der Waals surface area contributed by atoms with Crippen molar-refractivity contribution in [3.05, 3.63) is 43.6 Å². The van der Waals surface area contributed by atoms with Crippen LogP contribution in [0.4, 0.5) is 0 Å². The fourth-order valence-corrected chi connectivity index (χ4v) is 5.74. The van der Waals surface area contributed by atoms with E-state index >= 15 is 0 Å². The smallest absolute Gasteiger partial charge is 0.399 e. The van der Waals surface area contributed by atoms with E-state index in [-0.39, 0.29) is 91.5 Å². The van der Waals surface area contributed by atoms with Gasteiger partial charge in [0.15, 0.2) is 0 Å². The molecule has 298 valence electrons. The first-order chi connectivity index (χ1) is 20.3. The minimum absolute atomic E-state index is 0. The molecule has 4 nitrogen and oxygen atoms in total. The largest absolute Gasteiger partial charge is 2.00 e. The molecule has 4 aliphatic carbocycles. The third kappa shape index (κ3) is 51.9. The number of rotatable bonds is 14. The van der Waals surface area contributed by atoms with Gasteiger partial charge in [-0.05, 0) is 63.5 Å². The van der Waals surface area contributed by atoms with E-state index in [1.807, 2.05) is 27.7 Å². The summed E-state index contributed by atoms with van der Waals surface area (Å²) in [5.74, 6) is 1.69. The number of hydrogen-bond donors (Lipinski definition) is 1. The Balaban J connectivity index is -0.0000000727. The van der Waals surface area contributed by atoms with Gasteiger partial charge in [-0.1, -0.05) is 118 Å². The van der Waals surface area contributed by atoms with Crippen LogP contribution in [0.25, 0.3) is 0 Å². The number of aliphatic hydroxyl groups excluding tert-OH is 1. The van der Waals surface area contributed by atoms with Crippen molar-refractivity contribution in [2.45, 2.75) is 163 Å². The van der Waals surface area contributed by atoms with Crippen molar-refractivity contribution in [3.8, 4) is 0 Å². The van der Waals surface area contributed by atoms with E-state index in [1.54, 1.807) is 0 Å². The van der Waals surface area contributed by atoms with Crippen molar-refractivity contribution in [2.75, 3.05) is 52.7 Å². The van der Waals surface area contributed by atoms with Crippen molar-refractivity contribution in [1.29, 1.82) is 0 Å². The molecule has 0 amide bonds. The second-order valence-corrected chi connectivity index (χ2v) is 11.6. The summed E-state index contributed by atoms with van der Waals surface area (Å²) in [7, 11) is 0. The van der Waals surface area contributed by atoms with Gasteiger partial charge in [0.2, 0.25) is 0 Å². The van der Waals surface area contributed by atoms with Gasteiger partial charge < -0.3 is 63.0 Å². The summed E-state index contributed by atoms with van der Waals surface area (Å²) >= 11 is 0. The Morgan fingerprint density at radius 3 is 1.00 bits per heavy atom. The van der Waals surface area contributed by atoms with Crippen LogP contribution in [0.2, 0.25) is 0 Å². The SMILES string of the molecule is C1CCCC1.C1CCCC1.CC.CC.[CH2-]CCO.[CH2-]CN(CCCOCC1CCCC1)CCCOCC1CCCC1.[CH3-].[CH3-].[CH3-].[CH3-].[Fe+2].[Fe+2].[W+2]. The molecule has 0 aromatic rings. The van der Waals surface area contributed by atoms with Gasteiger partial charge in [0.1, 0.15) is 0 Å². The van der Waals surface area contributed by atoms with E-state index in [0.29, 0.717) is 6.42 Å². The molecule has 4 saturated carbocycles. The Bertz CT molecular complexity index is 394. The zero-order valence-corrected chi connectivity index (χ0v) is 39.0. The molecule has 0 spiro atoms. The zero-order chi connectivity index (χ0) is 30.7. The first-order valence-electron chi connectivity index (χ1n) is 18.4. The van der Waals surface area contributed by atoms with Gasteiger partial charge in [-0.25, -0.2) is 0 Å². The monoisotopic (exact) mass is 940 g/mol. The first-order valence-corrected chi connectivity index (χ1v) is 18.4.